The number of rotatable bonds is 12. The fraction of sp³-hybridized carbons (Fsp3) is 0.519. The van der Waals surface area contributed by atoms with E-state index in [9.17, 15) is 14.2 Å². The Kier molecular flexibility index (Phi) is 9.70. The SMILES string of the molecule is CC(C)OC(=O)C(C)NP(=O)(OCC1OC(c2cnc3c(N)ncnn23)C(C)(F)C1OC(=O)C(C)C)Oc1ccccc1. The highest BCUT2D eigenvalue weighted by molar-refractivity contribution is 7.52. The number of hydrogen-bond donors (Lipinski definition) is 2. The van der Waals surface area contributed by atoms with Crippen molar-refractivity contribution in [3.63, 3.8) is 0 Å². The normalized spacial score (nSPS) is 24.2. The molecule has 1 aliphatic rings. The predicted molar refractivity (Wildman–Crippen MR) is 151 cm³/mol. The molecule has 3 aromatic rings. The van der Waals surface area contributed by atoms with Crippen LogP contribution in [-0.2, 0) is 32.9 Å². The molecule has 6 unspecified atom stereocenters. The Balaban J connectivity index is 1.64. The van der Waals surface area contributed by atoms with Gasteiger partial charge in [-0.2, -0.15) is 10.2 Å². The second kappa shape index (κ2) is 12.9. The lowest BCUT2D eigenvalue weighted by molar-refractivity contribution is -0.162. The highest BCUT2D eigenvalue weighted by Crippen LogP contribution is 2.49. The van der Waals surface area contributed by atoms with Gasteiger partial charge in [0, 0.05) is 0 Å². The standard InChI is InChI=1S/C27H36FN6O8P/c1-15(2)25(35)41-22-20(40-21(27(22,6)28)19-12-30-24-23(29)31-14-32-34(19)24)13-38-43(37,42-18-10-8-7-9-11-18)33-17(5)26(36)39-16(3)4/h7-12,14-17,20-22H,13H2,1-6H3,(H,33,37)(H2,29,31,32). The van der Waals surface area contributed by atoms with Crippen molar-refractivity contribution in [2.45, 2.75) is 77.7 Å². The quantitative estimate of drug-likeness (QED) is 0.221. The maximum atomic E-state index is 16.7. The Morgan fingerprint density at radius 3 is 2.51 bits per heavy atom. The van der Waals surface area contributed by atoms with Crippen molar-refractivity contribution in [2.75, 3.05) is 12.3 Å². The molecule has 1 fully saturated rings. The van der Waals surface area contributed by atoms with Gasteiger partial charge in [-0.15, -0.1) is 0 Å². The molecule has 14 nitrogen and oxygen atoms in total. The van der Waals surface area contributed by atoms with Crippen LogP contribution in [0.15, 0.2) is 42.9 Å². The zero-order valence-electron chi connectivity index (χ0n) is 24.7. The third kappa shape index (κ3) is 7.29. The molecule has 43 heavy (non-hydrogen) atoms. The average Bonchev–Trinajstić information content (AvgIpc) is 3.46. The number of para-hydroxylation sites is 1. The molecule has 1 aromatic carbocycles. The van der Waals surface area contributed by atoms with Gasteiger partial charge in [0.1, 0.15) is 30.3 Å². The fourth-order valence-electron chi connectivity index (χ4n) is 4.37. The lowest BCUT2D eigenvalue weighted by Crippen LogP contribution is -2.44. The first kappa shape index (κ1) is 32.3. The van der Waals surface area contributed by atoms with Crippen LogP contribution in [0.2, 0.25) is 0 Å². The second-order valence-electron chi connectivity index (χ2n) is 10.8. The van der Waals surface area contributed by atoms with Gasteiger partial charge in [0.25, 0.3) is 0 Å². The summed E-state index contributed by atoms with van der Waals surface area (Å²) in [6.07, 6.45) is -2.05. The van der Waals surface area contributed by atoms with Gasteiger partial charge in [-0.05, 0) is 39.8 Å². The summed E-state index contributed by atoms with van der Waals surface area (Å²) in [7, 11) is -4.34. The minimum absolute atomic E-state index is 0.0673. The number of halogens is 1. The number of nitrogen functional groups attached to an aromatic ring is 1. The van der Waals surface area contributed by atoms with Gasteiger partial charge in [-0.25, -0.2) is 23.4 Å². The molecule has 2 aromatic heterocycles. The smallest absolute Gasteiger partial charge is 0.459 e. The van der Waals surface area contributed by atoms with Gasteiger partial charge in [0.05, 0.1) is 30.5 Å². The number of carbonyl (C=O) groups is 2. The van der Waals surface area contributed by atoms with E-state index in [-0.39, 0.29) is 22.9 Å². The largest absolute Gasteiger partial charge is 0.462 e. The van der Waals surface area contributed by atoms with Crippen molar-refractivity contribution < 1.29 is 41.8 Å². The number of anilines is 1. The summed E-state index contributed by atoms with van der Waals surface area (Å²) >= 11 is 0. The molecule has 0 amide bonds. The Hall–Kier alpha value is -3.65. The van der Waals surface area contributed by atoms with Gasteiger partial charge in [0.2, 0.25) is 0 Å². The van der Waals surface area contributed by atoms with Gasteiger partial charge in [-0.1, -0.05) is 32.0 Å². The zero-order chi connectivity index (χ0) is 31.5. The molecule has 0 radical (unpaired) electrons. The summed E-state index contributed by atoms with van der Waals surface area (Å²) in [6.45, 7) is 8.62. The van der Waals surface area contributed by atoms with Crippen molar-refractivity contribution in [3.05, 3.63) is 48.5 Å². The van der Waals surface area contributed by atoms with E-state index < -0.39 is 68.3 Å². The number of carbonyl (C=O) groups excluding carboxylic acids is 2. The molecular formula is C27H36FN6O8P. The maximum Gasteiger partial charge on any atom is 0.459 e. The molecule has 234 valence electrons. The molecule has 3 heterocycles. The van der Waals surface area contributed by atoms with E-state index in [1.54, 1.807) is 58.0 Å². The number of fused-ring (bicyclic) bond motifs is 1. The minimum atomic E-state index is -4.34. The van der Waals surface area contributed by atoms with E-state index in [2.05, 4.69) is 20.2 Å². The van der Waals surface area contributed by atoms with Crippen LogP contribution >= 0.6 is 7.75 Å². The topological polar surface area (TPSA) is 178 Å². The minimum Gasteiger partial charge on any atom is -0.462 e. The molecule has 16 heteroatoms. The first-order chi connectivity index (χ1) is 20.2. The van der Waals surface area contributed by atoms with Crippen LogP contribution in [0.1, 0.15) is 53.3 Å². The van der Waals surface area contributed by atoms with E-state index in [1.807, 2.05) is 0 Å². The van der Waals surface area contributed by atoms with Crippen molar-refractivity contribution in [1.82, 2.24) is 24.7 Å². The third-order valence-corrected chi connectivity index (χ3v) is 8.14. The summed E-state index contributed by atoms with van der Waals surface area (Å²) in [5.41, 5.74) is 3.91. The van der Waals surface area contributed by atoms with E-state index in [4.69, 9.17) is 29.0 Å². The summed E-state index contributed by atoms with van der Waals surface area (Å²) < 4.78 is 60.2. The van der Waals surface area contributed by atoms with E-state index in [0.29, 0.717) is 0 Å². The number of benzene rings is 1. The molecule has 3 N–H and O–H groups in total. The Labute approximate surface area is 248 Å². The van der Waals surface area contributed by atoms with E-state index >= 15 is 4.39 Å². The van der Waals surface area contributed by atoms with Crippen molar-refractivity contribution in [3.8, 4) is 5.75 Å². The lowest BCUT2D eigenvalue weighted by Gasteiger charge is -2.28. The Morgan fingerprint density at radius 2 is 1.86 bits per heavy atom. The third-order valence-electron chi connectivity index (χ3n) is 6.49. The predicted octanol–water partition coefficient (Wildman–Crippen LogP) is 3.58. The maximum absolute atomic E-state index is 16.7. The van der Waals surface area contributed by atoms with Crippen LogP contribution in [0, 0.1) is 5.92 Å². The summed E-state index contributed by atoms with van der Waals surface area (Å²) in [5.74, 6) is -1.71. The molecule has 0 bridgehead atoms. The first-order valence-corrected chi connectivity index (χ1v) is 15.2. The van der Waals surface area contributed by atoms with Crippen LogP contribution < -0.4 is 15.3 Å². The second-order valence-corrected chi connectivity index (χ2v) is 12.5. The number of hydrogen-bond acceptors (Lipinski definition) is 12. The van der Waals surface area contributed by atoms with E-state index in [0.717, 1.165) is 0 Å². The number of nitrogens with zero attached hydrogens (tertiary/aromatic N) is 4. The molecule has 1 aliphatic heterocycles. The Bertz CT molecular complexity index is 1490. The summed E-state index contributed by atoms with van der Waals surface area (Å²) in [6, 6.07) is 7.02. The molecular weight excluding hydrogens is 586 g/mol. The van der Waals surface area contributed by atoms with Gasteiger partial charge in [-0.3, -0.25) is 14.1 Å². The molecule has 1 saturated heterocycles. The number of ether oxygens (including phenoxy) is 3. The summed E-state index contributed by atoms with van der Waals surface area (Å²) in [5, 5.41) is 6.68. The van der Waals surface area contributed by atoms with Gasteiger partial charge < -0.3 is 24.5 Å². The Morgan fingerprint density at radius 1 is 1.16 bits per heavy atom. The number of alkyl halides is 1. The van der Waals surface area contributed by atoms with Crippen LogP contribution in [0.4, 0.5) is 10.2 Å². The fourth-order valence-corrected chi connectivity index (χ4v) is 5.87. The number of imidazole rings is 1. The molecule has 0 aliphatic carbocycles. The average molecular weight is 623 g/mol. The molecule has 0 spiro atoms. The zero-order valence-corrected chi connectivity index (χ0v) is 25.6. The number of esters is 2. The van der Waals surface area contributed by atoms with Crippen LogP contribution in [0.5, 0.6) is 5.75 Å². The number of nitrogens with two attached hydrogens (primary N) is 1. The van der Waals surface area contributed by atoms with Crippen molar-refractivity contribution >= 4 is 31.2 Å². The van der Waals surface area contributed by atoms with Crippen molar-refractivity contribution in [1.29, 1.82) is 0 Å². The molecule has 4 rings (SSSR count). The monoisotopic (exact) mass is 622 g/mol. The summed E-state index contributed by atoms with van der Waals surface area (Å²) in [4.78, 5) is 33.2. The number of nitrogens with one attached hydrogen (secondary N) is 1. The number of aromatic nitrogens is 4. The van der Waals surface area contributed by atoms with Crippen LogP contribution in [-0.4, -0.2) is 68.2 Å². The van der Waals surface area contributed by atoms with Crippen molar-refractivity contribution in [2.24, 2.45) is 5.92 Å². The van der Waals surface area contributed by atoms with Gasteiger partial charge in [0.15, 0.2) is 23.2 Å². The van der Waals surface area contributed by atoms with Gasteiger partial charge >= 0.3 is 19.7 Å². The first-order valence-electron chi connectivity index (χ1n) is 13.7. The molecule has 0 saturated carbocycles. The molecule has 6 atom stereocenters. The highest BCUT2D eigenvalue weighted by Gasteiger charge is 2.59. The van der Waals surface area contributed by atoms with E-state index in [1.165, 1.54) is 30.9 Å². The van der Waals surface area contributed by atoms with Crippen LogP contribution in [0.25, 0.3) is 5.65 Å². The lowest BCUT2D eigenvalue weighted by atomic mass is 9.93. The highest BCUT2D eigenvalue weighted by atomic mass is 31.2. The van der Waals surface area contributed by atoms with Crippen LogP contribution in [0.3, 0.4) is 0 Å².